The first-order valence-corrected chi connectivity index (χ1v) is 5.87. The van der Waals surface area contributed by atoms with Crippen molar-refractivity contribution in [3.63, 3.8) is 0 Å². The summed E-state index contributed by atoms with van der Waals surface area (Å²) in [6, 6.07) is 5.46. The molecule has 0 spiro atoms. The SMILES string of the molecule is CSC1OC(C)(C)c2ccc(O)cc21. The minimum atomic E-state index is -0.239. The van der Waals surface area contributed by atoms with E-state index in [1.54, 1.807) is 23.9 Å². The fraction of sp³-hybridized carbons (Fsp3) is 0.455. The quantitative estimate of drug-likeness (QED) is 0.772. The molecule has 2 nitrogen and oxygen atoms in total. The predicted octanol–water partition coefficient (Wildman–Crippen LogP) is 3.02. The standard InChI is InChI=1S/C11H14O2S/c1-11(2)9-5-4-7(12)6-8(9)10(13-11)14-3/h4-6,10,12H,1-3H3. The molecule has 0 aliphatic carbocycles. The number of phenolic OH excluding ortho intramolecular Hbond substituents is 1. The average Bonchev–Trinajstić information content (AvgIpc) is 2.37. The molecule has 1 aromatic rings. The van der Waals surface area contributed by atoms with E-state index in [-0.39, 0.29) is 11.0 Å². The van der Waals surface area contributed by atoms with Gasteiger partial charge in [0.25, 0.3) is 0 Å². The predicted molar refractivity (Wildman–Crippen MR) is 58.5 cm³/mol. The maximum Gasteiger partial charge on any atom is 0.129 e. The van der Waals surface area contributed by atoms with Crippen LogP contribution < -0.4 is 0 Å². The first kappa shape index (κ1) is 9.87. The molecule has 76 valence electrons. The molecule has 0 saturated carbocycles. The molecule has 1 unspecified atom stereocenters. The molecular formula is C11H14O2S. The molecule has 0 aromatic heterocycles. The summed E-state index contributed by atoms with van der Waals surface area (Å²) in [7, 11) is 0. The molecule has 1 aliphatic heterocycles. The Hall–Kier alpha value is -0.670. The highest BCUT2D eigenvalue weighted by atomic mass is 32.2. The zero-order valence-corrected chi connectivity index (χ0v) is 9.39. The summed E-state index contributed by atoms with van der Waals surface area (Å²) in [5, 5.41) is 9.42. The van der Waals surface area contributed by atoms with Crippen LogP contribution in [0, 0.1) is 0 Å². The number of rotatable bonds is 1. The van der Waals surface area contributed by atoms with Crippen molar-refractivity contribution in [2.75, 3.05) is 6.26 Å². The summed E-state index contributed by atoms with van der Waals surface area (Å²) in [6.07, 6.45) is 2.01. The van der Waals surface area contributed by atoms with E-state index in [0.29, 0.717) is 5.75 Å². The second-order valence-electron chi connectivity index (χ2n) is 3.97. The van der Waals surface area contributed by atoms with Crippen LogP contribution in [0.3, 0.4) is 0 Å². The molecular weight excluding hydrogens is 196 g/mol. The lowest BCUT2D eigenvalue weighted by atomic mass is 9.96. The van der Waals surface area contributed by atoms with Crippen LogP contribution in [0.1, 0.15) is 30.4 Å². The van der Waals surface area contributed by atoms with E-state index in [1.165, 1.54) is 5.56 Å². The van der Waals surface area contributed by atoms with Gasteiger partial charge in [-0.3, -0.25) is 0 Å². The maximum absolute atomic E-state index is 9.42. The first-order valence-electron chi connectivity index (χ1n) is 4.58. The van der Waals surface area contributed by atoms with Gasteiger partial charge in [-0.25, -0.2) is 0 Å². The third-order valence-electron chi connectivity index (χ3n) is 2.55. The fourth-order valence-corrected chi connectivity index (χ4v) is 2.65. The van der Waals surface area contributed by atoms with Crippen molar-refractivity contribution in [2.45, 2.75) is 24.9 Å². The number of phenols is 1. The van der Waals surface area contributed by atoms with Crippen LogP contribution in [0.5, 0.6) is 5.75 Å². The Kier molecular flexibility index (Phi) is 2.24. The molecule has 3 heteroatoms. The lowest BCUT2D eigenvalue weighted by Gasteiger charge is -2.19. The second kappa shape index (κ2) is 3.17. The highest BCUT2D eigenvalue weighted by Crippen LogP contribution is 2.48. The van der Waals surface area contributed by atoms with Crippen LogP contribution in [0.15, 0.2) is 18.2 Å². The van der Waals surface area contributed by atoms with Gasteiger partial charge >= 0.3 is 0 Å². The second-order valence-corrected chi connectivity index (χ2v) is 4.87. The third kappa shape index (κ3) is 1.41. The van der Waals surface area contributed by atoms with Crippen molar-refractivity contribution < 1.29 is 9.84 Å². The number of hydrogen-bond acceptors (Lipinski definition) is 3. The molecule has 1 aliphatic rings. The van der Waals surface area contributed by atoms with Gasteiger partial charge in [0.15, 0.2) is 0 Å². The summed E-state index contributed by atoms with van der Waals surface area (Å²) in [6.45, 7) is 4.11. The number of fused-ring (bicyclic) bond motifs is 1. The highest BCUT2D eigenvalue weighted by molar-refractivity contribution is 7.98. The van der Waals surface area contributed by atoms with Gasteiger partial charge in [-0.2, -0.15) is 0 Å². The third-order valence-corrected chi connectivity index (χ3v) is 3.33. The summed E-state index contributed by atoms with van der Waals surface area (Å²) in [5.41, 5.74) is 2.08. The van der Waals surface area contributed by atoms with Crippen molar-refractivity contribution in [2.24, 2.45) is 0 Å². The van der Waals surface area contributed by atoms with E-state index in [1.807, 2.05) is 12.3 Å². The summed E-state index contributed by atoms with van der Waals surface area (Å²) in [4.78, 5) is 0. The molecule has 0 bridgehead atoms. The van der Waals surface area contributed by atoms with E-state index in [9.17, 15) is 5.11 Å². The number of hydrogen-bond donors (Lipinski definition) is 1. The molecule has 0 fully saturated rings. The van der Waals surface area contributed by atoms with Crippen molar-refractivity contribution in [3.05, 3.63) is 29.3 Å². The molecule has 1 aromatic carbocycles. The molecule has 14 heavy (non-hydrogen) atoms. The first-order chi connectivity index (χ1) is 6.54. The molecule has 0 radical (unpaired) electrons. The van der Waals surface area contributed by atoms with Crippen LogP contribution in [0.2, 0.25) is 0 Å². The smallest absolute Gasteiger partial charge is 0.129 e. The van der Waals surface area contributed by atoms with Gasteiger partial charge in [0, 0.05) is 5.56 Å². The van der Waals surface area contributed by atoms with Gasteiger partial charge < -0.3 is 9.84 Å². The van der Waals surface area contributed by atoms with E-state index in [2.05, 4.69) is 13.8 Å². The topological polar surface area (TPSA) is 29.5 Å². The highest BCUT2D eigenvalue weighted by Gasteiger charge is 2.37. The largest absolute Gasteiger partial charge is 0.508 e. The Morgan fingerprint density at radius 2 is 2.14 bits per heavy atom. The Morgan fingerprint density at radius 3 is 2.79 bits per heavy atom. The van der Waals surface area contributed by atoms with Crippen LogP contribution in [0.25, 0.3) is 0 Å². The van der Waals surface area contributed by atoms with Crippen molar-refractivity contribution in [3.8, 4) is 5.75 Å². The summed E-state index contributed by atoms with van der Waals surface area (Å²) >= 11 is 1.65. The molecule has 2 rings (SSSR count). The lowest BCUT2D eigenvalue weighted by Crippen LogP contribution is -2.14. The van der Waals surface area contributed by atoms with Gasteiger partial charge in [-0.15, -0.1) is 11.8 Å². The minimum absolute atomic E-state index is 0.0482. The maximum atomic E-state index is 9.42. The van der Waals surface area contributed by atoms with E-state index in [4.69, 9.17) is 4.74 Å². The fourth-order valence-electron chi connectivity index (χ4n) is 1.86. The number of aromatic hydroxyl groups is 1. The number of benzene rings is 1. The normalized spacial score (nSPS) is 23.5. The Morgan fingerprint density at radius 1 is 1.43 bits per heavy atom. The van der Waals surface area contributed by atoms with Crippen LogP contribution in [-0.4, -0.2) is 11.4 Å². The molecule has 1 atom stereocenters. The Labute approximate surface area is 88.3 Å². The van der Waals surface area contributed by atoms with Gasteiger partial charge in [0.2, 0.25) is 0 Å². The van der Waals surface area contributed by atoms with Gasteiger partial charge in [0.05, 0.1) is 5.60 Å². The Balaban J connectivity index is 2.54. The van der Waals surface area contributed by atoms with E-state index in [0.717, 1.165) is 5.56 Å². The lowest BCUT2D eigenvalue weighted by molar-refractivity contribution is -0.0126. The van der Waals surface area contributed by atoms with E-state index < -0.39 is 0 Å². The minimum Gasteiger partial charge on any atom is -0.508 e. The van der Waals surface area contributed by atoms with Crippen LogP contribution >= 0.6 is 11.8 Å². The van der Waals surface area contributed by atoms with Gasteiger partial charge in [0.1, 0.15) is 11.2 Å². The van der Waals surface area contributed by atoms with E-state index >= 15 is 0 Å². The van der Waals surface area contributed by atoms with Crippen molar-refractivity contribution >= 4 is 11.8 Å². The number of ether oxygens (including phenoxy) is 1. The van der Waals surface area contributed by atoms with Crippen LogP contribution in [0.4, 0.5) is 0 Å². The summed E-state index contributed by atoms with van der Waals surface area (Å²) in [5.74, 6) is 0.309. The van der Waals surface area contributed by atoms with Gasteiger partial charge in [-0.1, -0.05) is 6.07 Å². The zero-order valence-electron chi connectivity index (χ0n) is 8.57. The Bertz CT molecular complexity index is 360. The summed E-state index contributed by atoms with van der Waals surface area (Å²) < 4.78 is 5.88. The van der Waals surface area contributed by atoms with Crippen molar-refractivity contribution in [1.29, 1.82) is 0 Å². The molecule has 1 N–H and O–H groups in total. The van der Waals surface area contributed by atoms with Crippen molar-refractivity contribution in [1.82, 2.24) is 0 Å². The molecule has 1 heterocycles. The zero-order chi connectivity index (χ0) is 10.3. The monoisotopic (exact) mass is 210 g/mol. The van der Waals surface area contributed by atoms with Gasteiger partial charge in [-0.05, 0) is 37.8 Å². The molecule has 0 amide bonds. The van der Waals surface area contributed by atoms with Crippen LogP contribution in [-0.2, 0) is 10.3 Å². The molecule has 0 saturated heterocycles. The number of thioether (sulfide) groups is 1. The average molecular weight is 210 g/mol.